The Kier molecular flexibility index (Phi) is 5.48. The van der Waals surface area contributed by atoms with Crippen LogP contribution < -0.4 is 4.90 Å². The van der Waals surface area contributed by atoms with E-state index in [1.165, 1.54) is 4.90 Å². The van der Waals surface area contributed by atoms with E-state index in [-0.39, 0.29) is 24.3 Å². The summed E-state index contributed by atoms with van der Waals surface area (Å²) in [6.07, 6.45) is 1.82. The molecule has 5 nitrogen and oxygen atoms in total. The Morgan fingerprint density at radius 2 is 1.60 bits per heavy atom. The number of imide groups is 1. The first-order valence-electron chi connectivity index (χ1n) is 10.5. The molecule has 0 aliphatic carbocycles. The molecular weight excluding hydrogens is 376 g/mol. The van der Waals surface area contributed by atoms with Gasteiger partial charge in [-0.15, -0.1) is 0 Å². The molecule has 2 aromatic carbocycles. The molecule has 4 rings (SSSR count). The third-order valence-electron chi connectivity index (χ3n) is 5.96. The van der Waals surface area contributed by atoms with Crippen LogP contribution in [0.2, 0.25) is 0 Å². The molecule has 0 saturated carbocycles. The zero-order chi connectivity index (χ0) is 21.4. The molecule has 156 valence electrons. The van der Waals surface area contributed by atoms with E-state index in [9.17, 15) is 14.7 Å². The van der Waals surface area contributed by atoms with Gasteiger partial charge < -0.3 is 10.0 Å². The Morgan fingerprint density at radius 1 is 0.933 bits per heavy atom. The number of aliphatic hydroxyl groups is 1. The van der Waals surface area contributed by atoms with Crippen LogP contribution in [0.1, 0.15) is 35.1 Å². The topological polar surface area (TPSA) is 60.9 Å². The van der Waals surface area contributed by atoms with Crippen LogP contribution in [0.4, 0.5) is 5.69 Å². The molecule has 2 aromatic rings. The number of piperidine rings is 1. The lowest BCUT2D eigenvalue weighted by Crippen LogP contribution is -2.40. The van der Waals surface area contributed by atoms with Crippen molar-refractivity contribution in [2.75, 3.05) is 24.6 Å². The summed E-state index contributed by atoms with van der Waals surface area (Å²) in [6.45, 7) is 7.31. The zero-order valence-electron chi connectivity index (χ0n) is 17.8. The predicted octanol–water partition coefficient (Wildman–Crippen LogP) is 3.60. The fourth-order valence-electron chi connectivity index (χ4n) is 4.52. The second kappa shape index (κ2) is 8.07. The molecule has 1 N–H and O–H groups in total. The lowest BCUT2D eigenvalue weighted by molar-refractivity contribution is -0.120. The standard InChI is InChI=1S/C25H28N2O3/c1-16-6-8-20(9-7-16)22-23(26-10-4-5-19(14-26)15-28)25(30)27(24(22)29)21-12-17(2)11-18(3)13-21/h6-9,11-13,19,28H,4-5,10,14-15H2,1-3H3. The quantitative estimate of drug-likeness (QED) is 0.791. The van der Waals surface area contributed by atoms with Gasteiger partial charge in [0.15, 0.2) is 0 Å². The van der Waals surface area contributed by atoms with E-state index in [0.29, 0.717) is 30.0 Å². The van der Waals surface area contributed by atoms with Gasteiger partial charge in [0.05, 0.1) is 11.3 Å². The molecule has 2 aliphatic heterocycles. The number of likely N-dealkylation sites (tertiary alicyclic amines) is 1. The summed E-state index contributed by atoms with van der Waals surface area (Å²) < 4.78 is 0. The number of nitrogens with zero attached hydrogens (tertiary/aromatic N) is 2. The number of anilines is 1. The van der Waals surface area contributed by atoms with E-state index in [1.807, 2.05) is 68.1 Å². The van der Waals surface area contributed by atoms with E-state index in [1.54, 1.807) is 0 Å². The van der Waals surface area contributed by atoms with E-state index < -0.39 is 0 Å². The summed E-state index contributed by atoms with van der Waals surface area (Å²) in [6, 6.07) is 13.5. The van der Waals surface area contributed by atoms with Crippen LogP contribution in [0.5, 0.6) is 0 Å². The van der Waals surface area contributed by atoms with Gasteiger partial charge in [-0.25, -0.2) is 4.90 Å². The summed E-state index contributed by atoms with van der Waals surface area (Å²) in [4.78, 5) is 30.5. The van der Waals surface area contributed by atoms with Gasteiger partial charge in [0.1, 0.15) is 5.70 Å². The Hall–Kier alpha value is -2.92. The van der Waals surface area contributed by atoms with Crippen LogP contribution in [0.25, 0.3) is 5.57 Å². The number of amides is 2. The highest BCUT2D eigenvalue weighted by atomic mass is 16.3. The van der Waals surface area contributed by atoms with Crippen LogP contribution in [-0.2, 0) is 9.59 Å². The predicted molar refractivity (Wildman–Crippen MR) is 118 cm³/mol. The van der Waals surface area contributed by atoms with Crippen molar-refractivity contribution in [2.45, 2.75) is 33.6 Å². The second-order valence-electron chi connectivity index (χ2n) is 8.52. The van der Waals surface area contributed by atoms with Gasteiger partial charge in [-0.2, -0.15) is 0 Å². The van der Waals surface area contributed by atoms with Gasteiger partial charge in [0.2, 0.25) is 0 Å². The molecule has 0 bridgehead atoms. The Balaban J connectivity index is 1.83. The van der Waals surface area contributed by atoms with E-state index >= 15 is 0 Å². The minimum atomic E-state index is -0.282. The van der Waals surface area contributed by atoms with Gasteiger partial charge in [-0.1, -0.05) is 35.9 Å². The normalized spacial score (nSPS) is 19.8. The lowest BCUT2D eigenvalue weighted by atomic mass is 9.96. The first-order valence-corrected chi connectivity index (χ1v) is 10.5. The van der Waals surface area contributed by atoms with Crippen LogP contribution >= 0.6 is 0 Å². The smallest absolute Gasteiger partial charge is 0.282 e. The van der Waals surface area contributed by atoms with Crippen molar-refractivity contribution in [3.05, 3.63) is 70.4 Å². The molecule has 1 fully saturated rings. The largest absolute Gasteiger partial charge is 0.396 e. The highest BCUT2D eigenvalue weighted by molar-refractivity contribution is 6.45. The highest BCUT2D eigenvalue weighted by Crippen LogP contribution is 2.37. The van der Waals surface area contributed by atoms with Crippen molar-refractivity contribution in [3.8, 4) is 0 Å². The summed E-state index contributed by atoms with van der Waals surface area (Å²) in [5.74, 6) is -0.446. The number of hydrogen-bond acceptors (Lipinski definition) is 4. The maximum Gasteiger partial charge on any atom is 0.282 e. The monoisotopic (exact) mass is 404 g/mol. The second-order valence-corrected chi connectivity index (χ2v) is 8.52. The van der Waals surface area contributed by atoms with Gasteiger partial charge in [-0.3, -0.25) is 9.59 Å². The number of carbonyl (C=O) groups is 2. The minimum absolute atomic E-state index is 0.0899. The summed E-state index contributed by atoms with van der Waals surface area (Å²) >= 11 is 0. The fourth-order valence-corrected chi connectivity index (χ4v) is 4.52. The molecule has 2 amide bonds. The molecule has 5 heteroatoms. The van der Waals surface area contributed by atoms with Crippen molar-refractivity contribution in [2.24, 2.45) is 5.92 Å². The van der Waals surface area contributed by atoms with E-state index in [4.69, 9.17) is 0 Å². The molecule has 2 heterocycles. The molecule has 1 unspecified atom stereocenters. The number of hydrogen-bond donors (Lipinski definition) is 1. The van der Waals surface area contributed by atoms with Gasteiger partial charge in [0, 0.05) is 19.7 Å². The average molecular weight is 405 g/mol. The average Bonchev–Trinajstić information content (AvgIpc) is 2.98. The molecule has 0 aromatic heterocycles. The Labute approximate surface area is 177 Å². The maximum atomic E-state index is 13.6. The number of rotatable bonds is 4. The zero-order valence-corrected chi connectivity index (χ0v) is 17.8. The third-order valence-corrected chi connectivity index (χ3v) is 5.96. The van der Waals surface area contributed by atoms with Crippen molar-refractivity contribution in [1.82, 2.24) is 4.90 Å². The van der Waals surface area contributed by atoms with Crippen LogP contribution in [0.3, 0.4) is 0 Å². The van der Waals surface area contributed by atoms with Crippen LogP contribution in [-0.4, -0.2) is 41.5 Å². The first-order chi connectivity index (χ1) is 14.4. The summed E-state index contributed by atoms with van der Waals surface area (Å²) in [7, 11) is 0. The SMILES string of the molecule is Cc1ccc(C2=C(N3CCCC(CO)C3)C(=O)N(c3cc(C)cc(C)c3)C2=O)cc1. The summed E-state index contributed by atoms with van der Waals surface area (Å²) in [5, 5.41) is 9.67. The minimum Gasteiger partial charge on any atom is -0.396 e. The molecule has 1 atom stereocenters. The highest BCUT2D eigenvalue weighted by Gasteiger charge is 2.43. The first kappa shape index (κ1) is 20.4. The molecule has 1 saturated heterocycles. The van der Waals surface area contributed by atoms with Gasteiger partial charge >= 0.3 is 0 Å². The molecule has 30 heavy (non-hydrogen) atoms. The molecule has 0 spiro atoms. The molecular formula is C25H28N2O3. The number of aliphatic hydroxyl groups excluding tert-OH is 1. The van der Waals surface area contributed by atoms with Gasteiger partial charge in [-0.05, 0) is 68.4 Å². The maximum absolute atomic E-state index is 13.6. The van der Waals surface area contributed by atoms with Gasteiger partial charge in [0.25, 0.3) is 11.8 Å². The fraction of sp³-hybridized carbons (Fsp3) is 0.360. The third kappa shape index (κ3) is 3.65. The number of aryl methyl sites for hydroxylation is 3. The van der Waals surface area contributed by atoms with Crippen LogP contribution in [0.15, 0.2) is 48.2 Å². The Bertz CT molecular complexity index is 1000. The summed E-state index contributed by atoms with van der Waals surface area (Å²) in [5.41, 5.74) is 5.40. The molecule has 0 radical (unpaired) electrons. The van der Waals surface area contributed by atoms with Crippen molar-refractivity contribution < 1.29 is 14.7 Å². The van der Waals surface area contributed by atoms with E-state index in [0.717, 1.165) is 35.1 Å². The lowest BCUT2D eigenvalue weighted by Gasteiger charge is -2.34. The van der Waals surface area contributed by atoms with E-state index in [2.05, 4.69) is 0 Å². The van der Waals surface area contributed by atoms with Crippen molar-refractivity contribution >= 4 is 23.1 Å². The van der Waals surface area contributed by atoms with Crippen molar-refractivity contribution in [1.29, 1.82) is 0 Å². The van der Waals surface area contributed by atoms with Crippen LogP contribution in [0, 0.1) is 26.7 Å². The Morgan fingerprint density at radius 3 is 2.23 bits per heavy atom. The number of benzene rings is 2. The molecule has 2 aliphatic rings. The number of carbonyl (C=O) groups excluding carboxylic acids is 2. The van der Waals surface area contributed by atoms with Crippen molar-refractivity contribution in [3.63, 3.8) is 0 Å².